The molecule has 1 spiro atoms. The number of rotatable bonds is 16. The van der Waals surface area contributed by atoms with E-state index in [1.54, 1.807) is 34.1 Å². The first-order valence-corrected chi connectivity index (χ1v) is 15.6. The molecule has 6 atom stereocenters. The fourth-order valence-electron chi connectivity index (χ4n) is 7.27. The SMILES string of the molecule is C=CCCCCOC(=O)[C@H]1[C@H]2C(=O)N(CCCCCCO)C(C(=O)N(CC=C)c3ccccc3Cl)C23CC(C)[C@]1(C)O3. The van der Waals surface area contributed by atoms with E-state index in [0.29, 0.717) is 42.9 Å². The van der Waals surface area contributed by atoms with Gasteiger partial charge in [0.15, 0.2) is 0 Å². The highest BCUT2D eigenvalue weighted by atomic mass is 35.5. The molecule has 3 unspecified atom stereocenters. The van der Waals surface area contributed by atoms with Crippen LogP contribution in [0, 0.1) is 17.8 Å². The zero-order valence-corrected chi connectivity index (χ0v) is 25.7. The van der Waals surface area contributed by atoms with Gasteiger partial charge >= 0.3 is 5.97 Å². The van der Waals surface area contributed by atoms with Crippen molar-refractivity contribution in [1.82, 2.24) is 4.90 Å². The summed E-state index contributed by atoms with van der Waals surface area (Å²) in [6.45, 7) is 12.4. The Bertz CT molecular complexity index is 1170. The van der Waals surface area contributed by atoms with Crippen LogP contribution in [0.15, 0.2) is 49.6 Å². The molecule has 0 aromatic heterocycles. The van der Waals surface area contributed by atoms with Crippen LogP contribution in [0.25, 0.3) is 0 Å². The van der Waals surface area contributed by atoms with E-state index < -0.39 is 35.0 Å². The molecule has 1 aromatic carbocycles. The van der Waals surface area contributed by atoms with Crippen LogP contribution in [-0.2, 0) is 23.9 Å². The molecule has 3 heterocycles. The highest BCUT2D eigenvalue weighted by Crippen LogP contribution is 2.65. The number of aliphatic hydroxyl groups is 1. The summed E-state index contributed by atoms with van der Waals surface area (Å²) in [5.41, 5.74) is -1.57. The van der Waals surface area contributed by atoms with Gasteiger partial charge < -0.3 is 24.4 Å². The molecule has 230 valence electrons. The van der Waals surface area contributed by atoms with Gasteiger partial charge in [0.2, 0.25) is 5.91 Å². The number of aliphatic hydroxyl groups excluding tert-OH is 1. The Kier molecular flexibility index (Phi) is 10.5. The highest BCUT2D eigenvalue weighted by Gasteiger charge is 2.80. The first-order chi connectivity index (χ1) is 20.2. The molecule has 1 N–H and O–H groups in total. The third-order valence-corrected chi connectivity index (χ3v) is 9.70. The van der Waals surface area contributed by atoms with E-state index >= 15 is 0 Å². The fraction of sp³-hybridized carbons (Fsp3) is 0.606. The number of hydrogen-bond donors (Lipinski definition) is 1. The number of carbonyl (C=O) groups excluding carboxylic acids is 3. The van der Waals surface area contributed by atoms with Crippen LogP contribution in [0.3, 0.4) is 0 Å². The molecule has 9 heteroatoms. The van der Waals surface area contributed by atoms with Crippen molar-refractivity contribution in [3.05, 3.63) is 54.6 Å². The van der Waals surface area contributed by atoms with E-state index in [1.807, 2.05) is 26.0 Å². The van der Waals surface area contributed by atoms with Crippen LogP contribution in [0.5, 0.6) is 0 Å². The van der Waals surface area contributed by atoms with E-state index in [0.717, 1.165) is 25.7 Å². The summed E-state index contributed by atoms with van der Waals surface area (Å²) in [6, 6.07) is 6.18. The molecule has 1 aromatic rings. The van der Waals surface area contributed by atoms with Gasteiger partial charge in [0.05, 0.1) is 28.8 Å². The van der Waals surface area contributed by atoms with E-state index in [-0.39, 0.29) is 37.5 Å². The largest absolute Gasteiger partial charge is 0.465 e. The van der Waals surface area contributed by atoms with Crippen LogP contribution in [0.4, 0.5) is 5.69 Å². The normalized spacial score (nSPS) is 29.4. The average Bonchev–Trinajstić information content (AvgIpc) is 3.48. The number of likely N-dealkylation sites (tertiary alicyclic amines) is 1. The number of allylic oxidation sites excluding steroid dienone is 1. The summed E-state index contributed by atoms with van der Waals surface area (Å²) in [7, 11) is 0. The van der Waals surface area contributed by atoms with Gasteiger partial charge in [0.1, 0.15) is 17.6 Å². The van der Waals surface area contributed by atoms with Gasteiger partial charge in [-0.15, -0.1) is 13.2 Å². The quantitative estimate of drug-likeness (QED) is 0.157. The Morgan fingerprint density at radius 3 is 2.60 bits per heavy atom. The Hall–Kier alpha value is -2.68. The number of hydrogen-bond acceptors (Lipinski definition) is 6. The second-order valence-electron chi connectivity index (χ2n) is 12.0. The number of ether oxygens (including phenoxy) is 2. The lowest BCUT2D eigenvalue weighted by Crippen LogP contribution is -2.57. The first kappa shape index (κ1) is 32.2. The summed E-state index contributed by atoms with van der Waals surface area (Å²) in [6.07, 6.45) is 9.32. The molecule has 3 aliphatic heterocycles. The van der Waals surface area contributed by atoms with Crippen molar-refractivity contribution < 1.29 is 29.0 Å². The van der Waals surface area contributed by atoms with Gasteiger partial charge in [-0.05, 0) is 63.5 Å². The minimum absolute atomic E-state index is 0.0761. The summed E-state index contributed by atoms with van der Waals surface area (Å²) < 4.78 is 12.6. The standard InChI is InChI=1S/C33H45ClN2O6/c1-5-7-8-15-21-41-31(40)27-26-29(38)36(19-13-9-10-14-20-37)28(33(26)22-23(3)32(27,4)42-33)30(39)35(18-6-2)25-17-12-11-16-24(25)34/h5-6,11-12,16-17,23,26-28,37H,1-2,7-10,13-15,18-22H2,3-4H3/t23?,26-,27+,28?,32-,33?/m0/s1. The summed E-state index contributed by atoms with van der Waals surface area (Å²) >= 11 is 6.55. The lowest BCUT2D eigenvalue weighted by molar-refractivity contribution is -0.161. The molecule has 4 rings (SSSR count). The number of halogens is 1. The van der Waals surface area contributed by atoms with Gasteiger partial charge in [0.25, 0.3) is 5.91 Å². The van der Waals surface area contributed by atoms with Crippen molar-refractivity contribution in [3.63, 3.8) is 0 Å². The highest BCUT2D eigenvalue weighted by molar-refractivity contribution is 6.34. The van der Waals surface area contributed by atoms with Gasteiger partial charge in [-0.2, -0.15) is 0 Å². The Morgan fingerprint density at radius 2 is 1.90 bits per heavy atom. The Labute approximate surface area is 254 Å². The predicted octanol–water partition coefficient (Wildman–Crippen LogP) is 5.32. The van der Waals surface area contributed by atoms with E-state index in [9.17, 15) is 19.5 Å². The number of unbranched alkanes of at least 4 members (excludes halogenated alkanes) is 5. The van der Waals surface area contributed by atoms with Crippen LogP contribution in [-0.4, -0.2) is 71.3 Å². The van der Waals surface area contributed by atoms with Crippen molar-refractivity contribution in [2.24, 2.45) is 17.8 Å². The molecular formula is C33H45ClN2O6. The molecular weight excluding hydrogens is 556 g/mol. The first-order valence-electron chi connectivity index (χ1n) is 15.2. The zero-order valence-electron chi connectivity index (χ0n) is 24.9. The number of esters is 1. The number of anilines is 1. The number of benzene rings is 1. The summed E-state index contributed by atoms with van der Waals surface area (Å²) in [5.74, 6) is -2.68. The molecule has 2 amide bonds. The molecule has 0 saturated carbocycles. The van der Waals surface area contributed by atoms with Gasteiger partial charge in [-0.25, -0.2) is 0 Å². The monoisotopic (exact) mass is 600 g/mol. The van der Waals surface area contributed by atoms with E-state index in [1.165, 1.54) is 0 Å². The maximum Gasteiger partial charge on any atom is 0.312 e. The molecule has 2 bridgehead atoms. The molecule has 0 radical (unpaired) electrons. The lowest BCUT2D eigenvalue weighted by Gasteiger charge is -2.37. The number of para-hydroxylation sites is 1. The fourth-order valence-corrected chi connectivity index (χ4v) is 7.51. The maximum atomic E-state index is 14.7. The van der Waals surface area contributed by atoms with Crippen LogP contribution in [0.2, 0.25) is 5.02 Å². The van der Waals surface area contributed by atoms with E-state index in [2.05, 4.69) is 13.2 Å². The molecule has 3 saturated heterocycles. The van der Waals surface area contributed by atoms with Crippen molar-refractivity contribution in [1.29, 1.82) is 0 Å². The topological polar surface area (TPSA) is 96.4 Å². The predicted molar refractivity (Wildman–Crippen MR) is 163 cm³/mol. The minimum Gasteiger partial charge on any atom is -0.465 e. The summed E-state index contributed by atoms with van der Waals surface area (Å²) in [4.78, 5) is 45.9. The van der Waals surface area contributed by atoms with Crippen LogP contribution < -0.4 is 4.90 Å². The van der Waals surface area contributed by atoms with Crippen molar-refractivity contribution in [2.45, 2.75) is 82.5 Å². The zero-order chi connectivity index (χ0) is 30.5. The van der Waals surface area contributed by atoms with Crippen molar-refractivity contribution in [2.75, 3.05) is 31.2 Å². The second kappa shape index (κ2) is 13.7. The molecule has 3 fully saturated rings. The third kappa shape index (κ3) is 5.78. The molecule has 0 aliphatic carbocycles. The lowest BCUT2D eigenvalue weighted by atomic mass is 9.62. The van der Waals surface area contributed by atoms with E-state index in [4.69, 9.17) is 21.1 Å². The number of fused-ring (bicyclic) bond motifs is 1. The Balaban J connectivity index is 1.71. The van der Waals surface area contributed by atoms with Crippen molar-refractivity contribution in [3.8, 4) is 0 Å². The van der Waals surface area contributed by atoms with Crippen LogP contribution >= 0.6 is 11.6 Å². The number of amides is 2. The Morgan fingerprint density at radius 1 is 1.17 bits per heavy atom. The molecule has 3 aliphatic rings. The van der Waals surface area contributed by atoms with Gasteiger partial charge in [-0.1, -0.05) is 55.7 Å². The second-order valence-corrected chi connectivity index (χ2v) is 12.4. The number of carbonyl (C=O) groups is 3. The molecule has 42 heavy (non-hydrogen) atoms. The molecule has 8 nitrogen and oxygen atoms in total. The minimum atomic E-state index is -1.17. The number of nitrogens with zero attached hydrogens (tertiary/aromatic N) is 2. The summed E-state index contributed by atoms with van der Waals surface area (Å²) in [5, 5.41) is 9.61. The van der Waals surface area contributed by atoms with Gasteiger partial charge in [-0.3, -0.25) is 14.4 Å². The van der Waals surface area contributed by atoms with Crippen molar-refractivity contribution >= 4 is 35.1 Å². The average molecular weight is 601 g/mol. The third-order valence-electron chi connectivity index (χ3n) is 9.38. The maximum absolute atomic E-state index is 14.7. The van der Waals surface area contributed by atoms with Gasteiger partial charge in [0, 0.05) is 19.7 Å². The van der Waals surface area contributed by atoms with Crippen LogP contribution in [0.1, 0.15) is 65.2 Å². The smallest absolute Gasteiger partial charge is 0.312 e.